The second kappa shape index (κ2) is 3.52. The largest absolute Gasteiger partial charge is 0.403 e. The Balaban J connectivity index is 2.13. The molecule has 14 heavy (non-hydrogen) atoms. The van der Waals surface area contributed by atoms with Gasteiger partial charge in [-0.2, -0.15) is 0 Å². The van der Waals surface area contributed by atoms with Crippen LogP contribution < -0.4 is 0 Å². The fourth-order valence-electron chi connectivity index (χ4n) is 2.67. The van der Waals surface area contributed by atoms with Crippen molar-refractivity contribution in [1.82, 2.24) is 0 Å². The Morgan fingerprint density at radius 3 is 2.57 bits per heavy atom. The maximum atomic E-state index is 6.22. The van der Waals surface area contributed by atoms with Gasteiger partial charge in [0, 0.05) is 0 Å². The highest BCUT2D eigenvalue weighted by molar-refractivity contribution is 6.63. The van der Waals surface area contributed by atoms with Crippen molar-refractivity contribution in [2.45, 2.75) is 25.4 Å². The first-order chi connectivity index (χ1) is 6.72. The van der Waals surface area contributed by atoms with Crippen LogP contribution in [0.5, 0.6) is 0 Å². The minimum absolute atomic E-state index is 0.0317. The summed E-state index contributed by atoms with van der Waals surface area (Å²) in [5, 5.41) is 0. The molecule has 0 spiro atoms. The smallest absolute Gasteiger partial charge is 0.225 e. The third kappa shape index (κ3) is 1.33. The van der Waals surface area contributed by atoms with Crippen molar-refractivity contribution >= 4 is 9.04 Å². The summed E-state index contributed by atoms with van der Waals surface area (Å²) in [7, 11) is -1.37. The van der Waals surface area contributed by atoms with Crippen LogP contribution in [-0.4, -0.2) is 14.6 Å². The zero-order valence-electron chi connectivity index (χ0n) is 8.78. The minimum Gasteiger partial charge on any atom is -0.403 e. The Kier molecular flexibility index (Phi) is 2.50. The van der Waals surface area contributed by atoms with Crippen LogP contribution >= 0.6 is 0 Å². The summed E-state index contributed by atoms with van der Waals surface area (Å²) in [6.45, 7) is 9.94. The van der Waals surface area contributed by atoms with Crippen LogP contribution in [0.4, 0.5) is 0 Å². The van der Waals surface area contributed by atoms with E-state index in [1.807, 2.05) is 11.4 Å². The standard InChI is InChI=1S/C12H18OSi/c1-4-14(5-2)13-12-8-6-11(7-9-12)10(12)3/h4-6,8,10-11,14H,1-2,7,9H2,3H3. The van der Waals surface area contributed by atoms with Crippen LogP contribution in [0.25, 0.3) is 0 Å². The molecule has 1 fully saturated rings. The second-order valence-corrected chi connectivity index (χ2v) is 6.47. The van der Waals surface area contributed by atoms with Crippen molar-refractivity contribution in [3.63, 3.8) is 0 Å². The SMILES string of the molecule is C=C[SiH](C=C)OC12C=CC(CC1)C2C. The molecule has 0 aromatic carbocycles. The third-order valence-corrected chi connectivity index (χ3v) is 5.37. The predicted molar refractivity (Wildman–Crippen MR) is 62.4 cm³/mol. The summed E-state index contributed by atoms with van der Waals surface area (Å²) >= 11 is 0. The topological polar surface area (TPSA) is 9.23 Å². The molecule has 2 aliphatic rings. The predicted octanol–water partition coefficient (Wildman–Crippen LogP) is 2.53. The van der Waals surface area contributed by atoms with Crippen molar-refractivity contribution in [2.75, 3.05) is 0 Å². The van der Waals surface area contributed by atoms with Crippen LogP contribution in [0.2, 0.25) is 0 Å². The monoisotopic (exact) mass is 206 g/mol. The Labute approximate surface area is 87.9 Å². The van der Waals surface area contributed by atoms with E-state index >= 15 is 0 Å². The molecule has 1 saturated carbocycles. The summed E-state index contributed by atoms with van der Waals surface area (Å²) < 4.78 is 6.22. The maximum Gasteiger partial charge on any atom is 0.225 e. The van der Waals surface area contributed by atoms with Crippen molar-refractivity contribution in [1.29, 1.82) is 0 Å². The molecule has 0 amide bonds. The van der Waals surface area contributed by atoms with Crippen molar-refractivity contribution < 1.29 is 4.43 Å². The quantitative estimate of drug-likeness (QED) is 0.507. The zero-order chi connectivity index (χ0) is 10.2. The van der Waals surface area contributed by atoms with Crippen LogP contribution in [-0.2, 0) is 4.43 Å². The molecule has 2 aliphatic carbocycles. The van der Waals surface area contributed by atoms with E-state index in [2.05, 4.69) is 32.2 Å². The average molecular weight is 206 g/mol. The van der Waals surface area contributed by atoms with Crippen LogP contribution in [0.1, 0.15) is 19.8 Å². The van der Waals surface area contributed by atoms with Gasteiger partial charge in [0.15, 0.2) is 0 Å². The number of hydrogen-bond donors (Lipinski definition) is 0. The molecule has 0 aromatic rings. The van der Waals surface area contributed by atoms with Gasteiger partial charge >= 0.3 is 0 Å². The van der Waals surface area contributed by atoms with Crippen LogP contribution in [0.15, 0.2) is 36.7 Å². The fraction of sp³-hybridized carbons (Fsp3) is 0.500. The molecular weight excluding hydrogens is 188 g/mol. The van der Waals surface area contributed by atoms with Gasteiger partial charge in [0.05, 0.1) is 5.60 Å². The summed E-state index contributed by atoms with van der Waals surface area (Å²) in [6, 6.07) is 0. The lowest BCUT2D eigenvalue weighted by atomic mass is 9.95. The molecule has 0 N–H and O–H groups in total. The van der Waals surface area contributed by atoms with Gasteiger partial charge in [-0.25, -0.2) is 0 Å². The summed E-state index contributed by atoms with van der Waals surface area (Å²) in [6.07, 6.45) is 7.07. The van der Waals surface area contributed by atoms with E-state index < -0.39 is 9.04 Å². The number of hydrogen-bond acceptors (Lipinski definition) is 1. The summed E-state index contributed by atoms with van der Waals surface area (Å²) in [5.41, 5.74) is 3.94. The first kappa shape index (κ1) is 9.93. The Morgan fingerprint density at radius 1 is 1.50 bits per heavy atom. The molecule has 76 valence electrons. The van der Waals surface area contributed by atoms with E-state index in [1.54, 1.807) is 0 Å². The molecule has 2 rings (SSSR count). The number of rotatable bonds is 4. The van der Waals surface area contributed by atoms with E-state index in [4.69, 9.17) is 4.43 Å². The molecule has 0 saturated heterocycles. The lowest BCUT2D eigenvalue weighted by Gasteiger charge is -2.31. The Morgan fingerprint density at radius 2 is 2.21 bits per heavy atom. The molecule has 1 nitrogen and oxygen atoms in total. The Bertz CT molecular complexity index is 276. The summed E-state index contributed by atoms with van der Waals surface area (Å²) in [5.74, 6) is 1.40. The minimum atomic E-state index is -1.37. The van der Waals surface area contributed by atoms with E-state index in [9.17, 15) is 0 Å². The van der Waals surface area contributed by atoms with Gasteiger partial charge in [-0.1, -0.05) is 30.5 Å². The lowest BCUT2D eigenvalue weighted by Crippen LogP contribution is -2.37. The average Bonchev–Trinajstić information content (AvgIpc) is 2.69. The zero-order valence-corrected chi connectivity index (χ0v) is 9.93. The number of fused-ring (bicyclic) bond motifs is 2. The molecular formula is C12H18OSi. The van der Waals surface area contributed by atoms with Gasteiger partial charge in [0.25, 0.3) is 0 Å². The van der Waals surface area contributed by atoms with Crippen molar-refractivity contribution in [3.05, 3.63) is 36.7 Å². The van der Waals surface area contributed by atoms with E-state index in [0.717, 1.165) is 5.92 Å². The van der Waals surface area contributed by atoms with E-state index in [-0.39, 0.29) is 5.60 Å². The van der Waals surface area contributed by atoms with Gasteiger partial charge in [-0.05, 0) is 24.7 Å². The first-order valence-corrected chi connectivity index (χ1v) is 7.14. The Hall–Kier alpha value is -0.603. The highest BCUT2D eigenvalue weighted by atomic mass is 28.3. The first-order valence-electron chi connectivity index (χ1n) is 5.34. The molecule has 3 unspecified atom stereocenters. The normalized spacial score (nSPS) is 39.3. The van der Waals surface area contributed by atoms with Crippen molar-refractivity contribution in [2.24, 2.45) is 11.8 Å². The maximum absolute atomic E-state index is 6.22. The van der Waals surface area contributed by atoms with Gasteiger partial charge in [0.1, 0.15) is 0 Å². The molecule has 0 aliphatic heterocycles. The molecule has 0 radical (unpaired) electrons. The second-order valence-electron chi connectivity index (χ2n) is 4.36. The lowest BCUT2D eigenvalue weighted by molar-refractivity contribution is 0.0917. The van der Waals surface area contributed by atoms with E-state index in [0.29, 0.717) is 5.92 Å². The van der Waals surface area contributed by atoms with Gasteiger partial charge in [0.2, 0.25) is 9.04 Å². The van der Waals surface area contributed by atoms with Crippen LogP contribution in [0.3, 0.4) is 0 Å². The summed E-state index contributed by atoms with van der Waals surface area (Å²) in [4.78, 5) is 0. The van der Waals surface area contributed by atoms with Gasteiger partial charge in [-0.15, -0.1) is 13.2 Å². The molecule has 2 heteroatoms. The van der Waals surface area contributed by atoms with Gasteiger partial charge < -0.3 is 4.43 Å². The van der Waals surface area contributed by atoms with E-state index in [1.165, 1.54) is 12.8 Å². The highest BCUT2D eigenvalue weighted by Gasteiger charge is 2.48. The van der Waals surface area contributed by atoms with Crippen LogP contribution in [0, 0.1) is 11.8 Å². The molecule has 0 aromatic heterocycles. The third-order valence-electron chi connectivity index (χ3n) is 3.73. The fourth-order valence-corrected chi connectivity index (χ4v) is 3.97. The highest BCUT2D eigenvalue weighted by Crippen LogP contribution is 2.49. The van der Waals surface area contributed by atoms with Gasteiger partial charge in [-0.3, -0.25) is 0 Å². The van der Waals surface area contributed by atoms with Crippen molar-refractivity contribution in [3.8, 4) is 0 Å². The number of allylic oxidation sites excluding steroid dienone is 1. The molecule has 0 heterocycles. The molecule has 3 atom stereocenters. The molecule has 2 bridgehead atoms.